The van der Waals surface area contributed by atoms with Gasteiger partial charge in [0.25, 0.3) is 0 Å². The third-order valence-electron chi connectivity index (χ3n) is 3.16. The summed E-state index contributed by atoms with van der Waals surface area (Å²) < 4.78 is 0. The van der Waals surface area contributed by atoms with Crippen molar-refractivity contribution < 1.29 is 34.8 Å². The van der Waals surface area contributed by atoms with Crippen molar-refractivity contribution in [2.45, 2.75) is 50.2 Å². The molecule has 1 aliphatic heterocycles. The Morgan fingerprint density at radius 3 is 1.84 bits per heavy atom. The maximum Gasteiger partial charge on any atom is 0.322 e. The van der Waals surface area contributed by atoms with Crippen molar-refractivity contribution in [2.75, 3.05) is 19.7 Å². The van der Waals surface area contributed by atoms with Crippen LogP contribution in [0.1, 0.15) is 32.1 Å². The molecule has 0 aromatic rings. The van der Waals surface area contributed by atoms with Gasteiger partial charge in [0.1, 0.15) is 18.1 Å². The van der Waals surface area contributed by atoms with Gasteiger partial charge in [0.2, 0.25) is 0 Å². The molecule has 1 rings (SSSR count). The van der Waals surface area contributed by atoms with Crippen molar-refractivity contribution in [2.24, 2.45) is 17.2 Å². The van der Waals surface area contributed by atoms with E-state index in [0.29, 0.717) is 13.0 Å². The Morgan fingerprint density at radius 2 is 1.60 bits per heavy atom. The number of aliphatic carboxylic acids is 3. The van der Waals surface area contributed by atoms with E-state index in [1.807, 2.05) is 0 Å². The van der Waals surface area contributed by atoms with Crippen molar-refractivity contribution in [1.29, 1.82) is 0 Å². The van der Waals surface area contributed by atoms with Crippen LogP contribution in [-0.2, 0) is 14.4 Å². The summed E-state index contributed by atoms with van der Waals surface area (Å²) in [5.74, 6) is -2.83. The minimum absolute atomic E-state index is 0.269. The zero-order chi connectivity index (χ0) is 19.8. The van der Waals surface area contributed by atoms with E-state index < -0.39 is 36.6 Å². The number of unbranched alkanes of at least 4 members (excludes halogenated alkanes) is 1. The van der Waals surface area contributed by atoms with Gasteiger partial charge in [-0.05, 0) is 38.8 Å². The highest BCUT2D eigenvalue weighted by molar-refractivity contribution is 5.74. The third kappa shape index (κ3) is 15.5. The zero-order valence-electron chi connectivity index (χ0n) is 14.1. The van der Waals surface area contributed by atoms with E-state index in [4.69, 9.17) is 37.6 Å². The van der Waals surface area contributed by atoms with E-state index in [9.17, 15) is 14.4 Å². The average Bonchev–Trinajstić information content (AvgIpc) is 3.10. The standard InChI is InChI=1S/C6H14N2O2.C5H9NO2.C3H7NO3/c7-4-2-1-3-5(8)6(9)10;7-5(8)4-2-1-3-6-4;4-2(1-5)3(6)7/h5H,1-4,7-8H2,(H,9,10);4,6H,1-3H2,(H,7,8);2,5H,1,4H2,(H,6,7)/t5-;4-;2-/m000/s1. The molecule has 0 unspecified atom stereocenters. The molecule has 1 fully saturated rings. The van der Waals surface area contributed by atoms with Crippen LogP contribution >= 0.6 is 0 Å². The van der Waals surface area contributed by atoms with E-state index in [1.165, 1.54) is 0 Å². The summed E-state index contributed by atoms with van der Waals surface area (Å²) in [5, 5.41) is 35.4. The van der Waals surface area contributed by atoms with Gasteiger partial charge < -0.3 is 42.9 Å². The first-order valence-corrected chi connectivity index (χ1v) is 7.91. The van der Waals surface area contributed by atoms with Crippen LogP contribution in [0.2, 0.25) is 0 Å². The first-order chi connectivity index (χ1) is 11.7. The van der Waals surface area contributed by atoms with Crippen LogP contribution in [0.25, 0.3) is 0 Å². The molecule has 0 radical (unpaired) electrons. The average molecular weight is 366 g/mol. The number of nitrogens with two attached hydrogens (primary N) is 3. The van der Waals surface area contributed by atoms with E-state index in [2.05, 4.69) is 5.32 Å². The second-order valence-electron chi connectivity index (χ2n) is 5.34. The fourth-order valence-corrected chi connectivity index (χ4v) is 1.61. The van der Waals surface area contributed by atoms with Crippen LogP contribution in [0.5, 0.6) is 0 Å². The molecule has 3 atom stereocenters. The predicted octanol–water partition coefficient (Wildman–Crippen LogP) is -2.26. The van der Waals surface area contributed by atoms with Gasteiger partial charge in [-0.3, -0.25) is 14.4 Å². The molecule has 1 aliphatic rings. The zero-order valence-corrected chi connectivity index (χ0v) is 14.1. The summed E-state index contributed by atoms with van der Waals surface area (Å²) in [4.78, 5) is 29.9. The molecule has 25 heavy (non-hydrogen) atoms. The van der Waals surface area contributed by atoms with Gasteiger partial charge in [-0.1, -0.05) is 6.42 Å². The first kappa shape index (κ1) is 25.5. The van der Waals surface area contributed by atoms with Gasteiger partial charge in [-0.15, -0.1) is 0 Å². The van der Waals surface area contributed by atoms with Crippen molar-refractivity contribution in [3.63, 3.8) is 0 Å². The van der Waals surface area contributed by atoms with E-state index in [0.717, 1.165) is 32.2 Å². The van der Waals surface area contributed by atoms with Crippen LogP contribution in [0.3, 0.4) is 0 Å². The molecule has 1 saturated heterocycles. The van der Waals surface area contributed by atoms with Gasteiger partial charge in [-0.2, -0.15) is 0 Å². The van der Waals surface area contributed by atoms with Gasteiger partial charge in [-0.25, -0.2) is 0 Å². The highest BCUT2D eigenvalue weighted by Crippen LogP contribution is 2.03. The Labute approximate surface area is 146 Å². The monoisotopic (exact) mass is 366 g/mol. The molecule has 148 valence electrons. The summed E-state index contributed by atoms with van der Waals surface area (Å²) in [6.07, 6.45) is 3.95. The molecule has 0 amide bonds. The van der Waals surface area contributed by atoms with Gasteiger partial charge in [0.05, 0.1) is 6.61 Å². The number of rotatable bonds is 8. The Morgan fingerprint density at radius 1 is 1.04 bits per heavy atom. The third-order valence-corrected chi connectivity index (χ3v) is 3.16. The highest BCUT2D eigenvalue weighted by atomic mass is 16.4. The predicted molar refractivity (Wildman–Crippen MR) is 89.9 cm³/mol. The maximum absolute atomic E-state index is 10.1. The van der Waals surface area contributed by atoms with Crippen LogP contribution in [0, 0.1) is 0 Å². The number of hydrogen-bond acceptors (Lipinski definition) is 8. The summed E-state index contributed by atoms with van der Waals surface area (Å²) >= 11 is 0. The second kappa shape index (κ2) is 15.7. The number of carbonyl (C=O) groups is 3. The quantitative estimate of drug-likeness (QED) is 0.214. The minimum Gasteiger partial charge on any atom is -0.480 e. The molecule has 11 nitrogen and oxygen atoms in total. The Bertz CT molecular complexity index is 389. The molecule has 0 aliphatic carbocycles. The van der Waals surface area contributed by atoms with Crippen molar-refractivity contribution in [3.05, 3.63) is 0 Å². The van der Waals surface area contributed by atoms with Gasteiger partial charge in [0, 0.05) is 0 Å². The topological polar surface area (TPSA) is 222 Å². The molecular weight excluding hydrogens is 336 g/mol. The smallest absolute Gasteiger partial charge is 0.322 e. The summed E-state index contributed by atoms with van der Waals surface area (Å²) in [6.45, 7) is 0.957. The van der Waals surface area contributed by atoms with E-state index >= 15 is 0 Å². The van der Waals surface area contributed by atoms with Crippen LogP contribution in [0.4, 0.5) is 0 Å². The molecule has 0 saturated carbocycles. The number of aliphatic hydroxyl groups is 1. The fraction of sp³-hybridized carbons (Fsp3) is 0.786. The minimum atomic E-state index is -1.18. The molecule has 11 heteroatoms. The lowest BCUT2D eigenvalue weighted by molar-refractivity contribution is -0.140. The summed E-state index contributed by atoms with van der Waals surface area (Å²) in [5.41, 5.74) is 15.2. The number of aliphatic hydroxyl groups excluding tert-OH is 1. The molecule has 0 aromatic carbocycles. The Kier molecular flexibility index (Phi) is 16.0. The Hall–Kier alpha value is -1.79. The molecule has 0 spiro atoms. The van der Waals surface area contributed by atoms with Gasteiger partial charge in [0.15, 0.2) is 0 Å². The van der Waals surface area contributed by atoms with E-state index in [1.54, 1.807) is 0 Å². The number of nitrogens with one attached hydrogen (secondary N) is 1. The maximum atomic E-state index is 10.1. The fourth-order valence-electron chi connectivity index (χ4n) is 1.61. The number of carboxylic acid groups (broad SMARTS) is 3. The molecule has 11 N–H and O–H groups in total. The summed E-state index contributed by atoms with van der Waals surface area (Å²) in [6, 6.07) is -2.11. The van der Waals surface area contributed by atoms with Crippen LogP contribution < -0.4 is 22.5 Å². The molecular formula is C14H30N4O7. The highest BCUT2D eigenvalue weighted by Gasteiger charge is 2.20. The lowest BCUT2D eigenvalue weighted by atomic mass is 10.1. The Balaban J connectivity index is 0. The number of carboxylic acids is 3. The second-order valence-corrected chi connectivity index (χ2v) is 5.34. The SMILES string of the molecule is NCCCC[C@H](N)C(=O)O.N[C@@H](CO)C(=O)O.O=C(O)[C@@H]1CCCN1. The number of hydrogen-bond donors (Lipinski definition) is 8. The largest absolute Gasteiger partial charge is 0.480 e. The van der Waals surface area contributed by atoms with Crippen LogP contribution in [0.15, 0.2) is 0 Å². The molecule has 1 heterocycles. The van der Waals surface area contributed by atoms with Crippen molar-refractivity contribution >= 4 is 17.9 Å². The van der Waals surface area contributed by atoms with Crippen molar-refractivity contribution in [3.8, 4) is 0 Å². The van der Waals surface area contributed by atoms with Crippen LogP contribution in [-0.4, -0.2) is 76.2 Å². The van der Waals surface area contributed by atoms with Crippen molar-refractivity contribution in [1.82, 2.24) is 5.32 Å². The van der Waals surface area contributed by atoms with Gasteiger partial charge >= 0.3 is 17.9 Å². The lowest BCUT2D eigenvalue weighted by Gasteiger charge is -2.03. The normalized spacial score (nSPS) is 18.0. The van der Waals surface area contributed by atoms with E-state index in [-0.39, 0.29) is 6.04 Å². The first-order valence-electron chi connectivity index (χ1n) is 7.91. The molecule has 0 aromatic heterocycles. The summed E-state index contributed by atoms with van der Waals surface area (Å²) in [7, 11) is 0. The lowest BCUT2D eigenvalue weighted by Crippen LogP contribution is -2.33. The molecule has 0 bridgehead atoms.